The lowest BCUT2D eigenvalue weighted by Crippen LogP contribution is -2.28. The van der Waals surface area contributed by atoms with Gasteiger partial charge in [-0.1, -0.05) is 60.1 Å². The zero-order chi connectivity index (χ0) is 29.5. The van der Waals surface area contributed by atoms with E-state index in [0.717, 1.165) is 21.5 Å². The molecule has 0 aliphatic heterocycles. The van der Waals surface area contributed by atoms with E-state index in [-0.39, 0.29) is 36.1 Å². The third-order valence-corrected chi connectivity index (χ3v) is 6.88. The van der Waals surface area contributed by atoms with Crippen molar-refractivity contribution in [3.05, 3.63) is 107 Å². The highest BCUT2D eigenvalue weighted by atomic mass is 35.5. The summed E-state index contributed by atoms with van der Waals surface area (Å²) in [5.74, 6) is 0.0593. The van der Waals surface area contributed by atoms with E-state index in [1.807, 2.05) is 54.6 Å². The van der Waals surface area contributed by atoms with E-state index in [2.05, 4.69) is 10.6 Å². The van der Waals surface area contributed by atoms with Crippen LogP contribution in [-0.2, 0) is 0 Å². The quantitative estimate of drug-likeness (QED) is 0.109. The van der Waals surface area contributed by atoms with Crippen molar-refractivity contribution in [2.45, 2.75) is 6.42 Å². The van der Waals surface area contributed by atoms with Crippen LogP contribution in [0.15, 0.2) is 91.0 Å². The first-order chi connectivity index (χ1) is 20.4. The molecule has 8 nitrogen and oxygen atoms in total. The summed E-state index contributed by atoms with van der Waals surface area (Å²) in [6, 6.07) is 26.8. The minimum atomic E-state index is -0.463. The average Bonchev–Trinajstić information content (AvgIpc) is 3.00. The number of amides is 2. The lowest BCUT2D eigenvalue weighted by Gasteiger charge is -2.15. The third-order valence-electron chi connectivity index (χ3n) is 6.64. The molecule has 2 amide bonds. The lowest BCUT2D eigenvalue weighted by atomic mass is 10.0. The number of carbonyl (C=O) groups is 2. The molecular weight excluding hydrogens is 554 g/mol. The fourth-order valence-corrected chi connectivity index (χ4v) is 4.73. The van der Waals surface area contributed by atoms with Gasteiger partial charge in [-0.2, -0.15) is 0 Å². The van der Waals surface area contributed by atoms with Gasteiger partial charge in [0.25, 0.3) is 11.8 Å². The molecule has 42 heavy (non-hydrogen) atoms. The first-order valence-electron chi connectivity index (χ1n) is 13.5. The number of hydrogen-bond acceptors (Lipinski definition) is 6. The van der Waals surface area contributed by atoms with E-state index < -0.39 is 5.91 Å². The van der Waals surface area contributed by atoms with Gasteiger partial charge in [-0.05, 0) is 70.9 Å². The van der Waals surface area contributed by atoms with Crippen molar-refractivity contribution in [3.8, 4) is 17.2 Å². The Morgan fingerprint density at radius 3 is 2.29 bits per heavy atom. The molecule has 0 aromatic heterocycles. The number of fused-ring (bicyclic) bond motifs is 2. The second-order valence-corrected chi connectivity index (χ2v) is 10.0. The van der Waals surface area contributed by atoms with Gasteiger partial charge in [0, 0.05) is 11.1 Å². The summed E-state index contributed by atoms with van der Waals surface area (Å²) < 4.78 is 11.8. The molecular formula is C33H30ClN3O5. The number of nitrogens with two attached hydrogens (primary N) is 1. The van der Waals surface area contributed by atoms with Crippen molar-refractivity contribution in [1.82, 2.24) is 5.32 Å². The Hall–Kier alpha value is -4.79. The molecule has 0 saturated heterocycles. The summed E-state index contributed by atoms with van der Waals surface area (Å²) in [6.07, 6.45) is 0.710. The molecule has 5 aromatic carbocycles. The number of halogens is 1. The predicted octanol–water partition coefficient (Wildman–Crippen LogP) is 6.14. The van der Waals surface area contributed by atoms with E-state index >= 15 is 0 Å². The first-order valence-corrected chi connectivity index (χ1v) is 13.9. The number of aromatic hydroxyl groups is 1. The average molecular weight is 584 g/mol. The molecule has 0 bridgehead atoms. The normalized spacial score (nSPS) is 10.9. The van der Waals surface area contributed by atoms with E-state index in [1.54, 1.807) is 24.3 Å². The monoisotopic (exact) mass is 583 g/mol. The van der Waals surface area contributed by atoms with Crippen LogP contribution in [0.4, 0.5) is 5.69 Å². The lowest BCUT2D eigenvalue weighted by molar-refractivity contribution is 0.0945. The van der Waals surface area contributed by atoms with Gasteiger partial charge in [-0.3, -0.25) is 9.59 Å². The molecule has 0 unspecified atom stereocenters. The molecule has 5 rings (SSSR count). The number of phenolic OH excluding ortho intramolecular Hbond substituents is 1. The number of hydrogen-bond donors (Lipinski definition) is 4. The van der Waals surface area contributed by atoms with E-state index in [4.69, 9.17) is 26.8 Å². The molecule has 0 heterocycles. The van der Waals surface area contributed by atoms with Crippen molar-refractivity contribution in [2.24, 2.45) is 5.73 Å². The number of phenols is 1. The van der Waals surface area contributed by atoms with Crippen molar-refractivity contribution < 1.29 is 24.2 Å². The Labute approximate surface area is 248 Å². The number of ether oxygens (including phenoxy) is 2. The highest BCUT2D eigenvalue weighted by Gasteiger charge is 2.17. The summed E-state index contributed by atoms with van der Waals surface area (Å²) in [5, 5.41) is 19.6. The Balaban J connectivity index is 1.31. The standard InChI is InChI=1S/C33H30ClN3O5/c34-24-10-11-29(30(38)19-24)37-33(40)28-17-21-6-1-2-7-22(21)18-31(28)42-15-13-36-32(39)27-20-25(41-14-5-12-35)16-23-8-3-4-9-26(23)27/h1-4,6-11,16-20,38H,5,12-15,35H2,(H,36,39)(H,37,40). The van der Waals surface area contributed by atoms with Crippen LogP contribution in [0.3, 0.4) is 0 Å². The van der Waals surface area contributed by atoms with Crippen LogP contribution < -0.4 is 25.8 Å². The van der Waals surface area contributed by atoms with Crippen molar-refractivity contribution in [2.75, 3.05) is 31.6 Å². The second-order valence-electron chi connectivity index (χ2n) is 9.60. The molecule has 9 heteroatoms. The van der Waals surface area contributed by atoms with Gasteiger partial charge >= 0.3 is 0 Å². The van der Waals surface area contributed by atoms with Gasteiger partial charge in [0.1, 0.15) is 23.9 Å². The van der Waals surface area contributed by atoms with E-state index in [1.165, 1.54) is 12.1 Å². The number of benzene rings is 5. The summed E-state index contributed by atoms with van der Waals surface area (Å²) in [7, 11) is 0. The van der Waals surface area contributed by atoms with Crippen LogP contribution in [0.5, 0.6) is 17.2 Å². The third kappa shape index (κ3) is 6.74. The number of rotatable bonds is 11. The van der Waals surface area contributed by atoms with Crippen molar-refractivity contribution in [1.29, 1.82) is 0 Å². The van der Waals surface area contributed by atoms with Gasteiger partial charge in [0.2, 0.25) is 0 Å². The summed E-state index contributed by atoms with van der Waals surface area (Å²) in [6.45, 7) is 1.28. The molecule has 0 fully saturated rings. The van der Waals surface area contributed by atoms with Crippen LogP contribution >= 0.6 is 11.6 Å². The molecule has 0 spiro atoms. The number of anilines is 1. The largest absolute Gasteiger partial charge is 0.506 e. The number of nitrogens with one attached hydrogen (secondary N) is 2. The van der Waals surface area contributed by atoms with E-state index in [0.29, 0.717) is 41.7 Å². The summed E-state index contributed by atoms with van der Waals surface area (Å²) in [4.78, 5) is 26.5. The highest BCUT2D eigenvalue weighted by molar-refractivity contribution is 6.30. The minimum Gasteiger partial charge on any atom is -0.506 e. The second kappa shape index (κ2) is 13.2. The molecule has 5 N–H and O–H groups in total. The SMILES string of the molecule is NCCCOc1cc(C(=O)NCCOc2cc3ccccc3cc2C(=O)Nc2ccc(Cl)cc2O)c2ccccc2c1. The van der Waals surface area contributed by atoms with Crippen LogP contribution in [0.1, 0.15) is 27.1 Å². The zero-order valence-corrected chi connectivity index (χ0v) is 23.5. The maximum Gasteiger partial charge on any atom is 0.259 e. The van der Waals surface area contributed by atoms with Gasteiger partial charge in [-0.25, -0.2) is 0 Å². The number of carbonyl (C=O) groups excluding carboxylic acids is 2. The Kier molecular flexibility index (Phi) is 9.06. The highest BCUT2D eigenvalue weighted by Crippen LogP contribution is 2.31. The van der Waals surface area contributed by atoms with Gasteiger partial charge in [0.05, 0.1) is 30.0 Å². The van der Waals surface area contributed by atoms with Crippen LogP contribution in [0.2, 0.25) is 5.02 Å². The van der Waals surface area contributed by atoms with Crippen LogP contribution in [-0.4, -0.2) is 43.2 Å². The molecule has 0 aliphatic carbocycles. The maximum absolute atomic E-state index is 13.3. The molecule has 214 valence electrons. The fourth-order valence-electron chi connectivity index (χ4n) is 4.56. The van der Waals surface area contributed by atoms with Crippen LogP contribution in [0.25, 0.3) is 21.5 Å². The van der Waals surface area contributed by atoms with Crippen molar-refractivity contribution in [3.63, 3.8) is 0 Å². The smallest absolute Gasteiger partial charge is 0.259 e. The fraction of sp³-hybridized carbons (Fsp3) is 0.152. The van der Waals surface area contributed by atoms with Gasteiger partial charge in [-0.15, -0.1) is 0 Å². The molecule has 0 aliphatic rings. The van der Waals surface area contributed by atoms with Gasteiger partial charge < -0.3 is 30.9 Å². The Morgan fingerprint density at radius 2 is 1.52 bits per heavy atom. The van der Waals surface area contributed by atoms with E-state index in [9.17, 15) is 14.7 Å². The Morgan fingerprint density at radius 1 is 0.786 bits per heavy atom. The van der Waals surface area contributed by atoms with Gasteiger partial charge in [0.15, 0.2) is 0 Å². The minimum absolute atomic E-state index is 0.112. The predicted molar refractivity (Wildman–Crippen MR) is 166 cm³/mol. The Bertz CT molecular complexity index is 1760. The van der Waals surface area contributed by atoms with Crippen LogP contribution in [0, 0.1) is 0 Å². The summed E-state index contributed by atoms with van der Waals surface area (Å²) in [5.41, 5.74) is 6.57. The molecule has 0 saturated carbocycles. The topological polar surface area (TPSA) is 123 Å². The zero-order valence-electron chi connectivity index (χ0n) is 22.7. The first kappa shape index (κ1) is 28.7. The van der Waals surface area contributed by atoms with Crippen molar-refractivity contribution >= 4 is 50.6 Å². The summed E-state index contributed by atoms with van der Waals surface area (Å²) >= 11 is 5.92. The maximum atomic E-state index is 13.3. The molecule has 0 atom stereocenters. The molecule has 5 aromatic rings. The molecule has 0 radical (unpaired) electrons.